The molecule has 0 aromatic carbocycles. The van der Waals surface area contributed by atoms with Crippen LogP contribution in [-0.4, -0.2) is 30.6 Å². The molecule has 2 aliphatic heterocycles. The van der Waals surface area contributed by atoms with Gasteiger partial charge in [0.2, 0.25) is 0 Å². The van der Waals surface area contributed by atoms with Gasteiger partial charge >= 0.3 is 5.97 Å². The van der Waals surface area contributed by atoms with Crippen LogP contribution in [0, 0.1) is 29.1 Å². The Balaban J connectivity index is 1.96. The van der Waals surface area contributed by atoms with Crippen molar-refractivity contribution < 1.29 is 19.1 Å². The highest BCUT2D eigenvalue weighted by atomic mass is 16.5. The molecule has 0 radical (unpaired) electrons. The van der Waals surface area contributed by atoms with Gasteiger partial charge in [0, 0.05) is 6.42 Å². The second kappa shape index (κ2) is 8.44. The third kappa shape index (κ3) is 4.32. The molecule has 0 N–H and O–H groups in total. The molecule has 5 atom stereocenters. The highest BCUT2D eigenvalue weighted by Crippen LogP contribution is 2.41. The van der Waals surface area contributed by atoms with E-state index >= 15 is 0 Å². The average Bonchev–Trinajstić information content (AvgIpc) is 2.58. The van der Waals surface area contributed by atoms with Gasteiger partial charge in [0.15, 0.2) is 5.78 Å². The van der Waals surface area contributed by atoms with Crippen molar-refractivity contribution in [2.45, 2.75) is 71.0 Å². The van der Waals surface area contributed by atoms with Crippen molar-refractivity contribution in [2.24, 2.45) is 17.8 Å². The largest absolute Gasteiger partial charge is 0.466 e. The van der Waals surface area contributed by atoms with Gasteiger partial charge in [0.05, 0.1) is 30.6 Å². The Bertz CT molecular complexity index is 470. The van der Waals surface area contributed by atoms with Crippen LogP contribution in [0.15, 0.2) is 0 Å². The zero-order valence-electron chi connectivity index (χ0n) is 14.1. The summed E-state index contributed by atoms with van der Waals surface area (Å²) >= 11 is 0. The number of fused-ring (bicyclic) bond motifs is 3. The normalized spacial score (nSPS) is 30.5. The Morgan fingerprint density at radius 3 is 2.70 bits per heavy atom. The van der Waals surface area contributed by atoms with E-state index in [0.29, 0.717) is 13.0 Å². The van der Waals surface area contributed by atoms with Crippen molar-refractivity contribution in [3.05, 3.63) is 0 Å². The maximum absolute atomic E-state index is 12.6. The zero-order chi connectivity index (χ0) is 16.8. The van der Waals surface area contributed by atoms with Crippen molar-refractivity contribution in [3.63, 3.8) is 0 Å². The standard InChI is InChI=1S/C18H27NO4/c1-3-5-6-13(18(21)22-4-2)10-15(20)17-12-7-8-16(23-17)14(9-12)11-19/h12-14,16-17H,3-10H2,1-2H3. The molecule has 0 amide bonds. The van der Waals surface area contributed by atoms with Crippen molar-refractivity contribution in [1.29, 1.82) is 5.26 Å². The predicted molar refractivity (Wildman–Crippen MR) is 84.4 cm³/mol. The van der Waals surface area contributed by atoms with Crippen LogP contribution in [0.2, 0.25) is 0 Å². The summed E-state index contributed by atoms with van der Waals surface area (Å²) < 4.78 is 11.0. The molecule has 1 saturated carbocycles. The van der Waals surface area contributed by atoms with E-state index in [9.17, 15) is 9.59 Å². The molecule has 5 heteroatoms. The minimum absolute atomic E-state index is 0.00486. The number of nitrogens with zero attached hydrogens (tertiary/aromatic N) is 1. The molecule has 128 valence electrons. The number of Topliss-reactive ketones (excluding diaryl/α,β-unsaturated/α-hetero) is 1. The van der Waals surface area contributed by atoms with Gasteiger partial charge in [0.25, 0.3) is 0 Å². The van der Waals surface area contributed by atoms with Crippen LogP contribution in [0.4, 0.5) is 0 Å². The molecule has 3 rings (SSSR count). The third-order valence-corrected chi connectivity index (χ3v) is 5.03. The maximum atomic E-state index is 12.6. The summed E-state index contributed by atoms with van der Waals surface area (Å²) in [6.07, 6.45) is 4.78. The minimum atomic E-state index is -0.433. The average molecular weight is 321 g/mol. The lowest BCUT2D eigenvalue weighted by atomic mass is 9.72. The highest BCUT2D eigenvalue weighted by Gasteiger charge is 2.46. The van der Waals surface area contributed by atoms with Gasteiger partial charge < -0.3 is 9.47 Å². The lowest BCUT2D eigenvalue weighted by Gasteiger charge is -2.44. The first-order valence-electron chi connectivity index (χ1n) is 8.85. The van der Waals surface area contributed by atoms with Gasteiger partial charge in [-0.1, -0.05) is 19.8 Å². The van der Waals surface area contributed by atoms with Crippen molar-refractivity contribution in [1.82, 2.24) is 0 Å². The smallest absolute Gasteiger partial charge is 0.309 e. The summed E-state index contributed by atoms with van der Waals surface area (Å²) in [5.74, 6) is -0.585. The number of esters is 1. The van der Waals surface area contributed by atoms with Crippen molar-refractivity contribution >= 4 is 11.8 Å². The van der Waals surface area contributed by atoms with Crippen LogP contribution < -0.4 is 0 Å². The number of unbranched alkanes of at least 4 members (excludes halogenated alkanes) is 1. The first kappa shape index (κ1) is 17.9. The number of carbonyl (C=O) groups is 2. The topological polar surface area (TPSA) is 76.4 Å². The van der Waals surface area contributed by atoms with E-state index in [4.69, 9.17) is 14.7 Å². The van der Waals surface area contributed by atoms with Gasteiger partial charge in [-0.3, -0.25) is 9.59 Å². The van der Waals surface area contributed by atoms with Crippen molar-refractivity contribution in [3.8, 4) is 6.07 Å². The molecule has 23 heavy (non-hydrogen) atoms. The van der Waals surface area contributed by atoms with Crippen LogP contribution in [0.3, 0.4) is 0 Å². The van der Waals surface area contributed by atoms with Gasteiger partial charge in [0.1, 0.15) is 6.10 Å². The van der Waals surface area contributed by atoms with Gasteiger partial charge in [-0.15, -0.1) is 0 Å². The monoisotopic (exact) mass is 321 g/mol. The van der Waals surface area contributed by atoms with E-state index in [2.05, 4.69) is 13.0 Å². The van der Waals surface area contributed by atoms with E-state index in [1.165, 1.54) is 0 Å². The Labute approximate surface area is 138 Å². The second-order valence-electron chi connectivity index (χ2n) is 6.67. The molecule has 0 aromatic rings. The van der Waals surface area contributed by atoms with Crippen LogP contribution in [0.1, 0.15) is 58.8 Å². The predicted octanol–water partition coefficient (Wildman–Crippen LogP) is 3.02. The van der Waals surface area contributed by atoms with Crippen LogP contribution >= 0.6 is 0 Å². The summed E-state index contributed by atoms with van der Waals surface area (Å²) in [6, 6.07) is 2.29. The lowest BCUT2D eigenvalue weighted by Crippen LogP contribution is -2.49. The molecule has 2 heterocycles. The summed E-state index contributed by atoms with van der Waals surface area (Å²) in [4.78, 5) is 24.7. The van der Waals surface area contributed by atoms with Crippen LogP contribution in [0.5, 0.6) is 0 Å². The van der Waals surface area contributed by atoms with Crippen LogP contribution in [0.25, 0.3) is 0 Å². The first-order chi connectivity index (χ1) is 11.1. The minimum Gasteiger partial charge on any atom is -0.466 e. The first-order valence-corrected chi connectivity index (χ1v) is 8.85. The highest BCUT2D eigenvalue weighted by molar-refractivity contribution is 5.88. The van der Waals surface area contributed by atoms with E-state index in [1.807, 2.05) is 0 Å². The van der Waals surface area contributed by atoms with E-state index in [-0.39, 0.29) is 42.0 Å². The third-order valence-electron chi connectivity index (χ3n) is 5.03. The SMILES string of the molecule is CCCCC(CC(=O)C1OC2CCC1CC2C#N)C(=O)OCC. The Hall–Kier alpha value is -1.41. The molecule has 0 aromatic heterocycles. The molecule has 5 nitrogen and oxygen atoms in total. The zero-order valence-corrected chi connectivity index (χ0v) is 14.1. The fraction of sp³-hybridized carbons (Fsp3) is 0.833. The Kier molecular flexibility index (Phi) is 6.59. The van der Waals surface area contributed by atoms with E-state index in [0.717, 1.165) is 32.1 Å². The van der Waals surface area contributed by atoms with E-state index in [1.54, 1.807) is 6.92 Å². The maximum Gasteiger partial charge on any atom is 0.309 e. The number of rotatable bonds is 8. The Morgan fingerprint density at radius 1 is 1.35 bits per heavy atom. The molecule has 3 aliphatic rings. The number of ketones is 1. The number of ether oxygens (including phenoxy) is 2. The molecule has 5 unspecified atom stereocenters. The molecule has 0 spiro atoms. The number of hydrogen-bond acceptors (Lipinski definition) is 5. The molecule has 2 bridgehead atoms. The van der Waals surface area contributed by atoms with Gasteiger partial charge in [-0.25, -0.2) is 0 Å². The van der Waals surface area contributed by atoms with Gasteiger partial charge in [-0.2, -0.15) is 5.26 Å². The van der Waals surface area contributed by atoms with Crippen molar-refractivity contribution in [2.75, 3.05) is 6.61 Å². The fourth-order valence-corrected chi connectivity index (χ4v) is 3.76. The molecular formula is C18H27NO4. The van der Waals surface area contributed by atoms with E-state index < -0.39 is 6.10 Å². The summed E-state index contributed by atoms with van der Waals surface area (Å²) in [5, 5.41) is 9.14. The fourth-order valence-electron chi connectivity index (χ4n) is 3.76. The summed E-state index contributed by atoms with van der Waals surface area (Å²) in [5.41, 5.74) is 0. The Morgan fingerprint density at radius 2 is 2.13 bits per heavy atom. The van der Waals surface area contributed by atoms with Gasteiger partial charge in [-0.05, 0) is 38.5 Å². The number of hydrogen-bond donors (Lipinski definition) is 0. The summed E-state index contributed by atoms with van der Waals surface area (Å²) in [7, 11) is 0. The lowest BCUT2D eigenvalue weighted by molar-refractivity contribution is -0.169. The summed E-state index contributed by atoms with van der Waals surface area (Å²) in [6.45, 7) is 4.18. The number of carbonyl (C=O) groups excluding carboxylic acids is 2. The molecule has 3 fully saturated rings. The number of nitriles is 1. The quantitative estimate of drug-likeness (QED) is 0.642. The molecule has 1 aliphatic carbocycles. The molecule has 2 saturated heterocycles. The van der Waals surface area contributed by atoms with Crippen LogP contribution in [-0.2, 0) is 19.1 Å². The molecular weight excluding hydrogens is 294 g/mol. The second-order valence-corrected chi connectivity index (χ2v) is 6.67.